The van der Waals surface area contributed by atoms with Gasteiger partial charge in [-0.2, -0.15) is 13.2 Å². The lowest BCUT2D eigenvalue weighted by Gasteiger charge is -2.12. The molecule has 0 aliphatic rings. The van der Waals surface area contributed by atoms with Gasteiger partial charge in [0.2, 0.25) is 0 Å². The number of halogens is 3. The van der Waals surface area contributed by atoms with Gasteiger partial charge in [-0.15, -0.1) is 0 Å². The third kappa shape index (κ3) is 2.71. The molecule has 0 saturated heterocycles. The van der Waals surface area contributed by atoms with E-state index in [0.29, 0.717) is 5.39 Å². The van der Waals surface area contributed by atoms with Crippen molar-refractivity contribution in [1.29, 1.82) is 0 Å². The van der Waals surface area contributed by atoms with Crippen LogP contribution in [0.25, 0.3) is 10.9 Å². The van der Waals surface area contributed by atoms with Gasteiger partial charge in [-0.25, -0.2) is 0 Å². The summed E-state index contributed by atoms with van der Waals surface area (Å²) in [7, 11) is 0. The minimum Gasteiger partial charge on any atom is -0.351 e. The number of rotatable bonds is 3. The number of aromatic nitrogens is 1. The van der Waals surface area contributed by atoms with E-state index >= 15 is 0 Å². The van der Waals surface area contributed by atoms with Crippen molar-refractivity contribution in [2.75, 3.05) is 0 Å². The van der Waals surface area contributed by atoms with Crippen molar-refractivity contribution >= 4 is 10.9 Å². The molecule has 0 fully saturated rings. The summed E-state index contributed by atoms with van der Waals surface area (Å²) >= 11 is 0. The maximum absolute atomic E-state index is 12.8. The summed E-state index contributed by atoms with van der Waals surface area (Å²) in [4.78, 5) is 14.4. The molecule has 20 heavy (non-hydrogen) atoms. The second kappa shape index (κ2) is 5.31. The van der Waals surface area contributed by atoms with Crippen molar-refractivity contribution in [2.24, 2.45) is 0 Å². The first-order valence-corrected chi connectivity index (χ1v) is 6.57. The maximum atomic E-state index is 12.8. The second-order valence-electron chi connectivity index (χ2n) is 4.94. The van der Waals surface area contributed by atoms with Gasteiger partial charge in [0, 0.05) is 16.5 Å². The number of aryl methyl sites for hydroxylation is 1. The van der Waals surface area contributed by atoms with Crippen LogP contribution in [-0.2, 0) is 12.6 Å². The van der Waals surface area contributed by atoms with E-state index in [1.54, 1.807) is 18.2 Å². The molecule has 0 bridgehead atoms. The van der Waals surface area contributed by atoms with Gasteiger partial charge in [0.05, 0.1) is 0 Å². The molecule has 5 heteroatoms. The standard InChI is InChI=1S/C15H16F3NO/c1-3-4-5-10-6-7-12-11(8-10)13(20)9(2)14(19-12)15(16,17)18/h6-8H,3-5H2,1-2H3,(H,19,20). The number of pyridine rings is 1. The van der Waals surface area contributed by atoms with Crippen LogP contribution in [0.5, 0.6) is 0 Å². The van der Waals surface area contributed by atoms with Gasteiger partial charge >= 0.3 is 6.18 Å². The lowest BCUT2D eigenvalue weighted by atomic mass is 10.0. The van der Waals surface area contributed by atoms with Crippen LogP contribution in [0.1, 0.15) is 36.6 Å². The van der Waals surface area contributed by atoms with Crippen LogP contribution in [0.3, 0.4) is 0 Å². The zero-order valence-corrected chi connectivity index (χ0v) is 11.4. The molecule has 0 spiro atoms. The van der Waals surface area contributed by atoms with E-state index < -0.39 is 17.3 Å². The Morgan fingerprint density at radius 3 is 2.55 bits per heavy atom. The van der Waals surface area contributed by atoms with Crippen LogP contribution in [0.2, 0.25) is 0 Å². The van der Waals surface area contributed by atoms with Gasteiger partial charge in [0.1, 0.15) is 5.69 Å². The van der Waals surface area contributed by atoms with Crippen molar-refractivity contribution in [2.45, 2.75) is 39.3 Å². The maximum Gasteiger partial charge on any atom is 0.431 e. The lowest BCUT2D eigenvalue weighted by Crippen LogP contribution is -2.18. The normalized spacial score (nSPS) is 12.1. The summed E-state index contributed by atoms with van der Waals surface area (Å²) < 4.78 is 38.5. The number of benzene rings is 1. The SMILES string of the molecule is CCCCc1ccc2[nH]c(C(F)(F)F)c(C)c(=O)c2c1. The Balaban J connectivity index is 2.62. The number of hydrogen-bond acceptors (Lipinski definition) is 1. The number of alkyl halides is 3. The third-order valence-electron chi connectivity index (χ3n) is 3.41. The molecule has 0 aliphatic carbocycles. The molecule has 1 N–H and O–H groups in total. The van der Waals surface area contributed by atoms with Crippen molar-refractivity contribution < 1.29 is 13.2 Å². The highest BCUT2D eigenvalue weighted by Crippen LogP contribution is 2.30. The van der Waals surface area contributed by atoms with Gasteiger partial charge < -0.3 is 4.98 Å². The molecule has 0 saturated carbocycles. The molecular weight excluding hydrogens is 267 g/mol. The Kier molecular flexibility index (Phi) is 3.88. The summed E-state index contributed by atoms with van der Waals surface area (Å²) in [5, 5.41) is 0.323. The first-order chi connectivity index (χ1) is 9.34. The molecular formula is C15H16F3NO. The molecule has 2 rings (SSSR count). The van der Waals surface area contributed by atoms with Crippen molar-refractivity contribution in [3.8, 4) is 0 Å². The van der Waals surface area contributed by atoms with Crippen LogP contribution < -0.4 is 5.43 Å². The number of fused-ring (bicyclic) bond motifs is 1. The lowest BCUT2D eigenvalue weighted by molar-refractivity contribution is -0.141. The van der Waals surface area contributed by atoms with Gasteiger partial charge in [-0.05, 0) is 37.5 Å². The van der Waals surface area contributed by atoms with Crippen LogP contribution in [0, 0.1) is 6.92 Å². The van der Waals surface area contributed by atoms with Crippen molar-refractivity contribution in [3.63, 3.8) is 0 Å². The Morgan fingerprint density at radius 2 is 1.95 bits per heavy atom. The first-order valence-electron chi connectivity index (χ1n) is 6.57. The van der Waals surface area contributed by atoms with E-state index in [1.165, 1.54) is 6.92 Å². The summed E-state index contributed by atoms with van der Waals surface area (Å²) in [5.41, 5.74) is -0.587. The molecule has 0 amide bonds. The van der Waals surface area contributed by atoms with Crippen LogP contribution in [0.4, 0.5) is 13.2 Å². The molecule has 0 aliphatic heterocycles. The fraction of sp³-hybridized carbons (Fsp3) is 0.400. The zero-order chi connectivity index (χ0) is 14.9. The van der Waals surface area contributed by atoms with Crippen LogP contribution >= 0.6 is 0 Å². The molecule has 0 unspecified atom stereocenters. The Morgan fingerprint density at radius 1 is 1.25 bits per heavy atom. The number of H-pyrrole nitrogens is 1. The number of hydrogen-bond donors (Lipinski definition) is 1. The van der Waals surface area contributed by atoms with Crippen molar-refractivity contribution in [1.82, 2.24) is 4.98 Å². The monoisotopic (exact) mass is 283 g/mol. The highest BCUT2D eigenvalue weighted by Gasteiger charge is 2.34. The van der Waals surface area contributed by atoms with E-state index in [-0.39, 0.29) is 11.1 Å². The summed E-state index contributed by atoms with van der Waals surface area (Å²) in [6.07, 6.45) is -1.70. The smallest absolute Gasteiger partial charge is 0.351 e. The number of unbranched alkanes of at least 4 members (excludes halogenated alkanes) is 1. The van der Waals surface area contributed by atoms with Gasteiger partial charge in [0.25, 0.3) is 0 Å². The molecule has 1 aromatic carbocycles. The molecule has 108 valence electrons. The quantitative estimate of drug-likeness (QED) is 0.899. The first kappa shape index (κ1) is 14.6. The third-order valence-corrected chi connectivity index (χ3v) is 3.41. The number of aromatic amines is 1. The molecule has 2 aromatic rings. The van der Waals surface area contributed by atoms with E-state index in [2.05, 4.69) is 11.9 Å². The average Bonchev–Trinajstić information content (AvgIpc) is 2.39. The Hall–Kier alpha value is -1.78. The number of nitrogens with one attached hydrogen (secondary N) is 1. The fourth-order valence-corrected chi connectivity index (χ4v) is 2.25. The molecule has 0 atom stereocenters. The van der Waals surface area contributed by atoms with Crippen LogP contribution in [0.15, 0.2) is 23.0 Å². The van der Waals surface area contributed by atoms with E-state index in [1.807, 2.05) is 0 Å². The van der Waals surface area contributed by atoms with Crippen molar-refractivity contribution in [3.05, 3.63) is 45.2 Å². The average molecular weight is 283 g/mol. The molecule has 1 heterocycles. The van der Waals surface area contributed by atoms with E-state index in [9.17, 15) is 18.0 Å². The van der Waals surface area contributed by atoms with E-state index in [0.717, 1.165) is 24.8 Å². The minimum absolute atomic E-state index is 0.230. The molecule has 0 radical (unpaired) electrons. The van der Waals surface area contributed by atoms with E-state index in [4.69, 9.17) is 0 Å². The molecule has 1 aromatic heterocycles. The Labute approximate surface area is 114 Å². The van der Waals surface area contributed by atoms with Crippen LogP contribution in [-0.4, -0.2) is 4.98 Å². The largest absolute Gasteiger partial charge is 0.431 e. The zero-order valence-electron chi connectivity index (χ0n) is 11.4. The fourth-order valence-electron chi connectivity index (χ4n) is 2.25. The summed E-state index contributed by atoms with van der Waals surface area (Å²) in [5.74, 6) is 0. The summed E-state index contributed by atoms with van der Waals surface area (Å²) in [6, 6.07) is 5.01. The second-order valence-corrected chi connectivity index (χ2v) is 4.94. The topological polar surface area (TPSA) is 32.9 Å². The highest BCUT2D eigenvalue weighted by molar-refractivity contribution is 5.80. The predicted octanol–water partition coefficient (Wildman–Crippen LogP) is 4.20. The van der Waals surface area contributed by atoms with Gasteiger partial charge in [-0.1, -0.05) is 19.4 Å². The molecule has 2 nitrogen and oxygen atoms in total. The highest BCUT2D eigenvalue weighted by atomic mass is 19.4. The van der Waals surface area contributed by atoms with Gasteiger partial charge in [-0.3, -0.25) is 4.79 Å². The summed E-state index contributed by atoms with van der Waals surface area (Å²) in [6.45, 7) is 3.27. The van der Waals surface area contributed by atoms with Gasteiger partial charge in [0.15, 0.2) is 5.43 Å². The minimum atomic E-state index is -4.54. The predicted molar refractivity (Wildman–Crippen MR) is 72.9 cm³/mol. The Bertz CT molecular complexity index is 686.